The molecule has 0 saturated carbocycles. The van der Waals surface area contributed by atoms with Gasteiger partial charge in [-0.1, -0.05) is 11.6 Å². The van der Waals surface area contributed by atoms with Crippen LogP contribution in [0.2, 0.25) is 5.02 Å². The molecular weight excluding hydrogens is 279 g/mol. The smallest absolute Gasteiger partial charge is 0.238 e. The Labute approximate surface area is 101 Å². The van der Waals surface area contributed by atoms with Crippen molar-refractivity contribution >= 4 is 39.1 Å². The molecule has 0 fully saturated rings. The van der Waals surface area contributed by atoms with Crippen molar-refractivity contribution < 1.29 is 4.79 Å². The van der Waals surface area contributed by atoms with E-state index in [-0.39, 0.29) is 12.3 Å². The van der Waals surface area contributed by atoms with Crippen LogP contribution in [-0.4, -0.2) is 5.91 Å². The molecule has 1 aromatic carbocycles. The van der Waals surface area contributed by atoms with Gasteiger partial charge in [0.25, 0.3) is 0 Å². The average Bonchev–Trinajstić information content (AvgIpc) is 2.20. The second-order valence-corrected chi connectivity index (χ2v) is 4.15. The molecule has 1 aromatic rings. The van der Waals surface area contributed by atoms with Crippen LogP contribution in [0.5, 0.6) is 0 Å². The fraction of sp³-hybridized carbons (Fsp3) is 0.200. The Hall–Kier alpha value is -1.05. The van der Waals surface area contributed by atoms with Crippen LogP contribution in [-0.2, 0) is 4.79 Å². The van der Waals surface area contributed by atoms with Gasteiger partial charge in [0, 0.05) is 10.2 Å². The van der Waals surface area contributed by atoms with E-state index in [1.54, 1.807) is 25.1 Å². The van der Waals surface area contributed by atoms with Crippen molar-refractivity contribution in [3.05, 3.63) is 27.2 Å². The molecule has 0 aromatic heterocycles. The van der Waals surface area contributed by atoms with Crippen molar-refractivity contribution in [2.75, 3.05) is 5.32 Å². The highest BCUT2D eigenvalue weighted by Crippen LogP contribution is 2.30. The Morgan fingerprint density at radius 1 is 1.67 bits per heavy atom. The van der Waals surface area contributed by atoms with Gasteiger partial charge in [-0.05, 0) is 40.5 Å². The van der Waals surface area contributed by atoms with E-state index in [1.165, 1.54) is 0 Å². The lowest BCUT2D eigenvalue weighted by Gasteiger charge is -2.09. The molecule has 0 spiro atoms. The van der Waals surface area contributed by atoms with E-state index in [1.807, 2.05) is 0 Å². The Morgan fingerprint density at radius 3 is 2.93 bits per heavy atom. The quantitative estimate of drug-likeness (QED) is 0.907. The molecule has 0 aliphatic carbocycles. The predicted octanol–water partition coefficient (Wildman–Crippen LogP) is 3.26. The molecule has 0 heterocycles. The maximum atomic E-state index is 11.2. The third-order valence-electron chi connectivity index (χ3n) is 1.85. The highest BCUT2D eigenvalue weighted by atomic mass is 79.9. The fourth-order valence-electron chi connectivity index (χ4n) is 1.05. The zero-order valence-corrected chi connectivity index (χ0v) is 10.3. The van der Waals surface area contributed by atoms with E-state index >= 15 is 0 Å². The van der Waals surface area contributed by atoms with Crippen molar-refractivity contribution in [1.29, 1.82) is 5.26 Å². The summed E-state index contributed by atoms with van der Waals surface area (Å²) in [6.45, 7) is 1.80. The summed E-state index contributed by atoms with van der Waals surface area (Å²) in [6, 6.07) is 5.26. The summed E-state index contributed by atoms with van der Waals surface area (Å²) in [6.07, 6.45) is -0.160. The number of carbonyl (C=O) groups is 1. The Kier molecular flexibility index (Phi) is 4.13. The minimum absolute atomic E-state index is 0.160. The van der Waals surface area contributed by atoms with Crippen molar-refractivity contribution in [3.63, 3.8) is 0 Å². The van der Waals surface area contributed by atoms with Crippen molar-refractivity contribution in [2.24, 2.45) is 0 Å². The lowest BCUT2D eigenvalue weighted by Crippen LogP contribution is -2.11. The first-order valence-electron chi connectivity index (χ1n) is 4.17. The summed E-state index contributed by atoms with van der Waals surface area (Å²) >= 11 is 9.26. The number of hydrogen-bond acceptors (Lipinski definition) is 2. The molecular formula is C10H8BrClN2O. The van der Waals surface area contributed by atoms with E-state index in [2.05, 4.69) is 21.2 Å². The fourth-order valence-corrected chi connectivity index (χ4v) is 1.65. The standard InChI is InChI=1S/C10H8BrClN2O/c1-6-8(14-9(15)4-5-13)3-2-7(11)10(6)12/h2-3H,4H2,1H3,(H,14,15). The van der Waals surface area contributed by atoms with E-state index in [0.717, 1.165) is 10.0 Å². The second kappa shape index (κ2) is 5.15. The molecule has 1 rings (SSSR count). The van der Waals surface area contributed by atoms with Gasteiger partial charge < -0.3 is 5.32 Å². The van der Waals surface area contributed by atoms with Crippen LogP contribution in [0, 0.1) is 18.3 Å². The predicted molar refractivity (Wildman–Crippen MR) is 62.7 cm³/mol. The molecule has 0 aliphatic rings. The van der Waals surface area contributed by atoms with Gasteiger partial charge in [0.2, 0.25) is 5.91 Å². The van der Waals surface area contributed by atoms with E-state index in [0.29, 0.717) is 10.7 Å². The molecule has 5 heteroatoms. The molecule has 15 heavy (non-hydrogen) atoms. The van der Waals surface area contributed by atoms with Gasteiger partial charge in [0.15, 0.2) is 0 Å². The summed E-state index contributed by atoms with van der Waals surface area (Å²) in [5.74, 6) is -0.334. The van der Waals surface area contributed by atoms with Crippen LogP contribution >= 0.6 is 27.5 Å². The summed E-state index contributed by atoms with van der Waals surface area (Å²) in [4.78, 5) is 11.2. The number of halogens is 2. The van der Waals surface area contributed by atoms with Gasteiger partial charge in [0.1, 0.15) is 6.42 Å². The zero-order chi connectivity index (χ0) is 11.4. The summed E-state index contributed by atoms with van der Waals surface area (Å²) < 4.78 is 0.778. The minimum atomic E-state index is -0.334. The number of anilines is 1. The first kappa shape index (κ1) is 12.0. The normalized spacial score (nSPS) is 9.47. The van der Waals surface area contributed by atoms with Crippen LogP contribution < -0.4 is 5.32 Å². The number of amides is 1. The first-order chi connectivity index (χ1) is 7.06. The Bertz CT molecular complexity index is 440. The molecule has 78 valence electrons. The molecule has 0 radical (unpaired) electrons. The average molecular weight is 288 g/mol. The molecule has 1 amide bonds. The molecule has 3 nitrogen and oxygen atoms in total. The number of benzene rings is 1. The van der Waals surface area contributed by atoms with Crippen LogP contribution in [0.25, 0.3) is 0 Å². The van der Waals surface area contributed by atoms with Crippen molar-refractivity contribution in [2.45, 2.75) is 13.3 Å². The van der Waals surface area contributed by atoms with Gasteiger partial charge in [-0.15, -0.1) is 0 Å². The highest BCUT2D eigenvalue weighted by molar-refractivity contribution is 9.10. The second-order valence-electron chi connectivity index (χ2n) is 2.92. The van der Waals surface area contributed by atoms with Gasteiger partial charge in [0.05, 0.1) is 11.1 Å². The highest BCUT2D eigenvalue weighted by Gasteiger charge is 2.08. The molecule has 0 bridgehead atoms. The summed E-state index contributed by atoms with van der Waals surface area (Å²) in [5, 5.41) is 11.5. The molecule has 0 unspecified atom stereocenters. The summed E-state index contributed by atoms with van der Waals surface area (Å²) in [5.41, 5.74) is 1.40. The maximum Gasteiger partial charge on any atom is 0.238 e. The van der Waals surface area contributed by atoms with Crippen LogP contribution in [0.3, 0.4) is 0 Å². The third kappa shape index (κ3) is 2.95. The van der Waals surface area contributed by atoms with Gasteiger partial charge in [-0.25, -0.2) is 0 Å². The summed E-state index contributed by atoms with van der Waals surface area (Å²) in [7, 11) is 0. The lowest BCUT2D eigenvalue weighted by atomic mass is 10.2. The number of rotatable bonds is 2. The van der Waals surface area contributed by atoms with Crippen molar-refractivity contribution in [3.8, 4) is 6.07 Å². The van der Waals surface area contributed by atoms with E-state index < -0.39 is 0 Å². The molecule has 0 saturated heterocycles. The minimum Gasteiger partial charge on any atom is -0.325 e. The van der Waals surface area contributed by atoms with E-state index in [9.17, 15) is 4.79 Å². The SMILES string of the molecule is Cc1c(NC(=O)CC#N)ccc(Br)c1Cl. The molecule has 1 N–H and O–H groups in total. The maximum absolute atomic E-state index is 11.2. The van der Waals surface area contributed by atoms with Gasteiger partial charge in [-0.2, -0.15) is 5.26 Å². The van der Waals surface area contributed by atoms with Crippen LogP contribution in [0.15, 0.2) is 16.6 Å². The van der Waals surface area contributed by atoms with Crippen LogP contribution in [0.1, 0.15) is 12.0 Å². The van der Waals surface area contributed by atoms with E-state index in [4.69, 9.17) is 16.9 Å². The van der Waals surface area contributed by atoms with Crippen LogP contribution in [0.4, 0.5) is 5.69 Å². The largest absolute Gasteiger partial charge is 0.325 e. The zero-order valence-electron chi connectivity index (χ0n) is 7.97. The Morgan fingerprint density at radius 2 is 2.33 bits per heavy atom. The Balaban J connectivity index is 2.93. The monoisotopic (exact) mass is 286 g/mol. The number of carbonyl (C=O) groups excluding carboxylic acids is 1. The number of hydrogen-bond donors (Lipinski definition) is 1. The number of nitrogens with zero attached hydrogens (tertiary/aromatic N) is 1. The van der Waals surface area contributed by atoms with Gasteiger partial charge in [-0.3, -0.25) is 4.79 Å². The van der Waals surface area contributed by atoms with Crippen molar-refractivity contribution in [1.82, 2.24) is 0 Å². The number of nitrogens with one attached hydrogen (secondary N) is 1. The molecule has 0 atom stereocenters. The first-order valence-corrected chi connectivity index (χ1v) is 5.34. The number of nitriles is 1. The third-order valence-corrected chi connectivity index (χ3v) is 3.23. The lowest BCUT2D eigenvalue weighted by molar-refractivity contribution is -0.115. The van der Waals surface area contributed by atoms with Gasteiger partial charge >= 0.3 is 0 Å². The molecule has 0 aliphatic heterocycles. The topological polar surface area (TPSA) is 52.9 Å².